The Kier molecular flexibility index (Phi) is 7.50. The molecule has 0 aliphatic carbocycles. The normalized spacial score (nSPS) is 18.2. The van der Waals surface area contributed by atoms with Crippen LogP contribution in [-0.2, 0) is 9.59 Å². The van der Waals surface area contributed by atoms with E-state index in [2.05, 4.69) is 5.32 Å². The van der Waals surface area contributed by atoms with Gasteiger partial charge >= 0.3 is 0 Å². The number of aliphatic hydroxyl groups is 2. The van der Waals surface area contributed by atoms with E-state index in [4.69, 9.17) is 28.3 Å². The number of aliphatic hydroxyl groups excluding tert-OH is 2. The highest BCUT2D eigenvalue weighted by molar-refractivity contribution is 6.46. The molecule has 2 aromatic rings. The van der Waals surface area contributed by atoms with Crippen LogP contribution in [0.2, 0.25) is 10.0 Å². The van der Waals surface area contributed by atoms with Crippen molar-refractivity contribution in [1.82, 2.24) is 10.2 Å². The molecule has 0 bridgehead atoms. The zero-order valence-corrected chi connectivity index (χ0v) is 17.7. The quantitative estimate of drug-likeness (QED) is 0.249. The molecule has 0 spiro atoms. The van der Waals surface area contributed by atoms with Gasteiger partial charge in [0.15, 0.2) is 0 Å². The average Bonchev–Trinajstić information content (AvgIpc) is 2.99. The van der Waals surface area contributed by atoms with Crippen molar-refractivity contribution in [2.24, 2.45) is 0 Å². The van der Waals surface area contributed by atoms with E-state index in [0.29, 0.717) is 47.2 Å². The van der Waals surface area contributed by atoms with Crippen molar-refractivity contribution < 1.29 is 19.8 Å². The van der Waals surface area contributed by atoms with Crippen molar-refractivity contribution in [3.63, 3.8) is 0 Å². The zero-order valence-electron chi connectivity index (χ0n) is 16.1. The van der Waals surface area contributed by atoms with Crippen LogP contribution in [0.3, 0.4) is 0 Å². The molecule has 3 N–H and O–H groups in total. The Bertz CT molecular complexity index is 943. The molecule has 8 heteroatoms. The standard InChI is InChI=1S/C22H22Cl2N2O4/c23-16-6-2-14(3-7-16)19-18(20(28)15-4-8-17(24)9-5-15)21(29)22(30)26(19)12-1-10-25-11-13-27/h2-9,19,25,27-28H,1,10-13H2. The molecule has 1 amide bonds. The van der Waals surface area contributed by atoms with Crippen LogP contribution in [0.5, 0.6) is 0 Å². The lowest BCUT2D eigenvalue weighted by molar-refractivity contribution is -0.139. The predicted octanol–water partition coefficient (Wildman–Crippen LogP) is 3.39. The van der Waals surface area contributed by atoms with Gasteiger partial charge in [-0.2, -0.15) is 0 Å². The largest absolute Gasteiger partial charge is 0.507 e. The zero-order chi connectivity index (χ0) is 21.7. The SMILES string of the molecule is O=C1C(=O)N(CCCNCCO)C(c2ccc(Cl)cc2)C1=C(O)c1ccc(Cl)cc1. The number of amides is 1. The van der Waals surface area contributed by atoms with Crippen molar-refractivity contribution >= 4 is 40.7 Å². The van der Waals surface area contributed by atoms with Crippen LogP contribution in [0.4, 0.5) is 0 Å². The fourth-order valence-electron chi connectivity index (χ4n) is 3.44. The number of carbonyl (C=O) groups excluding carboxylic acids is 2. The van der Waals surface area contributed by atoms with Crippen LogP contribution in [0.15, 0.2) is 54.1 Å². The summed E-state index contributed by atoms with van der Waals surface area (Å²) < 4.78 is 0. The van der Waals surface area contributed by atoms with Crippen molar-refractivity contribution in [3.05, 3.63) is 75.3 Å². The lowest BCUT2D eigenvalue weighted by Crippen LogP contribution is -2.32. The molecule has 0 aromatic heterocycles. The van der Waals surface area contributed by atoms with Crippen molar-refractivity contribution in [3.8, 4) is 0 Å². The minimum absolute atomic E-state index is 0.0242. The number of nitrogens with one attached hydrogen (secondary N) is 1. The Labute approximate surface area is 184 Å². The number of Topliss-reactive ketones (excluding diaryl/α,β-unsaturated/α-hetero) is 1. The summed E-state index contributed by atoms with van der Waals surface area (Å²) in [7, 11) is 0. The Balaban J connectivity index is 1.99. The molecule has 1 aliphatic heterocycles. The maximum absolute atomic E-state index is 12.9. The number of halogens is 2. The summed E-state index contributed by atoms with van der Waals surface area (Å²) >= 11 is 11.9. The van der Waals surface area contributed by atoms with E-state index >= 15 is 0 Å². The second-order valence-electron chi connectivity index (χ2n) is 6.88. The van der Waals surface area contributed by atoms with Gasteiger partial charge in [-0.1, -0.05) is 35.3 Å². The first-order chi connectivity index (χ1) is 14.4. The van der Waals surface area contributed by atoms with Gasteiger partial charge in [-0.05, 0) is 54.9 Å². The number of hydrogen-bond donors (Lipinski definition) is 3. The fraction of sp³-hybridized carbons (Fsp3) is 0.273. The number of benzene rings is 2. The van der Waals surface area contributed by atoms with E-state index in [-0.39, 0.29) is 17.9 Å². The van der Waals surface area contributed by atoms with E-state index < -0.39 is 17.7 Å². The molecule has 1 heterocycles. The van der Waals surface area contributed by atoms with Crippen molar-refractivity contribution in [2.75, 3.05) is 26.2 Å². The molecule has 0 saturated carbocycles. The van der Waals surface area contributed by atoms with E-state index in [9.17, 15) is 14.7 Å². The lowest BCUT2D eigenvalue weighted by atomic mass is 9.95. The van der Waals surface area contributed by atoms with Crippen LogP contribution < -0.4 is 5.32 Å². The summed E-state index contributed by atoms with van der Waals surface area (Å²) in [5, 5.41) is 23.9. The Morgan fingerprint density at radius 2 is 1.57 bits per heavy atom. The fourth-order valence-corrected chi connectivity index (χ4v) is 3.70. The Hall–Kier alpha value is -2.38. The van der Waals surface area contributed by atoms with Crippen LogP contribution in [0.1, 0.15) is 23.6 Å². The molecule has 1 unspecified atom stereocenters. The summed E-state index contributed by atoms with van der Waals surface area (Å²) in [4.78, 5) is 27.1. The van der Waals surface area contributed by atoms with Gasteiger partial charge in [-0.25, -0.2) is 0 Å². The molecule has 30 heavy (non-hydrogen) atoms. The topological polar surface area (TPSA) is 89.9 Å². The van der Waals surface area contributed by atoms with Gasteiger partial charge in [0.05, 0.1) is 18.2 Å². The molecule has 1 atom stereocenters. The Morgan fingerprint density at radius 1 is 0.967 bits per heavy atom. The highest BCUT2D eigenvalue weighted by atomic mass is 35.5. The third-order valence-corrected chi connectivity index (χ3v) is 5.39. The van der Waals surface area contributed by atoms with E-state index in [1.54, 1.807) is 48.5 Å². The minimum atomic E-state index is -0.731. The van der Waals surface area contributed by atoms with Gasteiger partial charge in [0.2, 0.25) is 0 Å². The summed E-state index contributed by atoms with van der Waals surface area (Å²) in [5.74, 6) is -1.63. The molecule has 6 nitrogen and oxygen atoms in total. The third-order valence-electron chi connectivity index (χ3n) is 4.88. The number of rotatable bonds is 8. The second-order valence-corrected chi connectivity index (χ2v) is 7.75. The van der Waals surface area contributed by atoms with Gasteiger partial charge < -0.3 is 20.4 Å². The van der Waals surface area contributed by atoms with Gasteiger partial charge in [-0.3, -0.25) is 9.59 Å². The smallest absolute Gasteiger partial charge is 0.295 e. The molecular formula is C22H22Cl2N2O4. The second kappa shape index (κ2) is 10.1. The number of carbonyl (C=O) groups is 2. The molecule has 1 aliphatic rings. The first-order valence-corrected chi connectivity index (χ1v) is 10.3. The van der Waals surface area contributed by atoms with Gasteiger partial charge in [0.1, 0.15) is 5.76 Å². The highest BCUT2D eigenvalue weighted by Gasteiger charge is 2.45. The van der Waals surface area contributed by atoms with Crippen LogP contribution in [0, 0.1) is 0 Å². The highest BCUT2D eigenvalue weighted by Crippen LogP contribution is 2.39. The van der Waals surface area contributed by atoms with Crippen LogP contribution >= 0.6 is 23.2 Å². The third kappa shape index (κ3) is 4.84. The molecule has 0 radical (unpaired) electrons. The van der Waals surface area contributed by atoms with E-state index in [0.717, 1.165) is 0 Å². The van der Waals surface area contributed by atoms with Crippen molar-refractivity contribution in [1.29, 1.82) is 0 Å². The average molecular weight is 449 g/mol. The maximum Gasteiger partial charge on any atom is 0.295 e. The first-order valence-electron chi connectivity index (χ1n) is 9.55. The minimum Gasteiger partial charge on any atom is -0.507 e. The number of likely N-dealkylation sites (tertiary alicyclic amines) is 1. The van der Waals surface area contributed by atoms with Gasteiger partial charge in [0.25, 0.3) is 11.7 Å². The number of nitrogens with zero attached hydrogens (tertiary/aromatic N) is 1. The van der Waals surface area contributed by atoms with Crippen molar-refractivity contribution in [2.45, 2.75) is 12.5 Å². The van der Waals surface area contributed by atoms with E-state index in [1.807, 2.05) is 0 Å². The van der Waals surface area contributed by atoms with Gasteiger partial charge in [-0.15, -0.1) is 0 Å². The monoisotopic (exact) mass is 448 g/mol. The molecule has 2 aromatic carbocycles. The molecular weight excluding hydrogens is 427 g/mol. The molecule has 3 rings (SSSR count). The van der Waals surface area contributed by atoms with Crippen LogP contribution in [-0.4, -0.2) is 53.0 Å². The molecule has 1 saturated heterocycles. The summed E-state index contributed by atoms with van der Waals surface area (Å²) in [5.41, 5.74) is 1.12. The summed E-state index contributed by atoms with van der Waals surface area (Å²) in [6.45, 7) is 1.37. The lowest BCUT2D eigenvalue weighted by Gasteiger charge is -2.25. The van der Waals surface area contributed by atoms with E-state index in [1.165, 1.54) is 4.90 Å². The first kappa shape index (κ1) is 22.3. The Morgan fingerprint density at radius 3 is 2.17 bits per heavy atom. The summed E-state index contributed by atoms with van der Waals surface area (Å²) in [6.07, 6.45) is 0.581. The summed E-state index contributed by atoms with van der Waals surface area (Å²) in [6, 6.07) is 12.5. The van der Waals surface area contributed by atoms with Crippen LogP contribution in [0.25, 0.3) is 5.76 Å². The molecule has 158 valence electrons. The predicted molar refractivity (Wildman–Crippen MR) is 116 cm³/mol. The molecule has 1 fully saturated rings. The van der Waals surface area contributed by atoms with Gasteiger partial charge in [0, 0.05) is 28.7 Å². The number of ketones is 1. The number of hydrogen-bond acceptors (Lipinski definition) is 5. The maximum atomic E-state index is 12.9.